The van der Waals surface area contributed by atoms with E-state index in [9.17, 15) is 25.9 Å². The van der Waals surface area contributed by atoms with Gasteiger partial charge in [0.2, 0.25) is 0 Å². The minimum absolute atomic E-state index is 0. The van der Waals surface area contributed by atoms with Gasteiger partial charge in [-0.15, -0.1) is 10.2 Å². The molecule has 0 bridgehead atoms. The topological polar surface area (TPSA) is 163 Å². The second-order valence-electron chi connectivity index (χ2n) is 8.85. The third-order valence-corrected chi connectivity index (χ3v) is 7.93. The molecule has 0 aliphatic carbocycles. The molecule has 0 radical (unpaired) electrons. The Labute approximate surface area is 270 Å². The second-order valence-corrected chi connectivity index (χ2v) is 11.6. The Hall–Kier alpha value is -3.95. The number of para-hydroxylation sites is 2. The fourth-order valence-corrected chi connectivity index (χ4v) is 5.79. The number of anilines is 5. The molecule has 0 aliphatic heterocycles. The van der Waals surface area contributed by atoms with Crippen molar-refractivity contribution in [3.63, 3.8) is 0 Å². The van der Waals surface area contributed by atoms with Crippen molar-refractivity contribution in [3.8, 4) is 0 Å². The Balaban J connectivity index is 0.00000423. The molecule has 0 unspecified atom stereocenters. The molecular formula is C29H24N5NaO6S2. The monoisotopic (exact) mass is 625 g/mol. The Morgan fingerprint density at radius 1 is 0.651 bits per heavy atom. The molecule has 3 N–H and O–H groups in total. The van der Waals surface area contributed by atoms with Crippen LogP contribution in [0.2, 0.25) is 0 Å². The third-order valence-electron chi connectivity index (χ3n) is 6.03. The van der Waals surface area contributed by atoms with E-state index >= 15 is 0 Å². The van der Waals surface area contributed by atoms with Crippen molar-refractivity contribution in [3.05, 3.63) is 120 Å². The quantitative estimate of drug-likeness (QED) is 0.113. The SMILES string of the molecule is O=S(=O)(O)c1ccccc1C=Cc1cccc(Nc2cc(N(c3ccccc3)c3ccccc3)nnn2)c1S(=O)(=O)O.[NaH]. The maximum atomic E-state index is 12.5. The summed E-state index contributed by atoms with van der Waals surface area (Å²) in [5, 5.41) is 15.0. The van der Waals surface area contributed by atoms with Crippen LogP contribution in [0.1, 0.15) is 11.1 Å². The number of aromatic nitrogens is 3. The van der Waals surface area contributed by atoms with Gasteiger partial charge in [-0.3, -0.25) is 14.0 Å². The summed E-state index contributed by atoms with van der Waals surface area (Å²) in [4.78, 5) is 1.01. The maximum absolute atomic E-state index is 12.5. The van der Waals surface area contributed by atoms with Crippen LogP contribution in [-0.4, -0.2) is 70.9 Å². The molecule has 0 atom stereocenters. The molecule has 5 rings (SSSR count). The van der Waals surface area contributed by atoms with Gasteiger partial charge in [0.1, 0.15) is 9.79 Å². The van der Waals surface area contributed by atoms with Crippen LogP contribution >= 0.6 is 0 Å². The van der Waals surface area contributed by atoms with Gasteiger partial charge in [-0.2, -0.15) is 16.8 Å². The van der Waals surface area contributed by atoms with Crippen molar-refractivity contribution in [1.82, 2.24) is 15.4 Å². The Morgan fingerprint density at radius 2 is 1.21 bits per heavy atom. The molecule has 43 heavy (non-hydrogen) atoms. The van der Waals surface area contributed by atoms with Gasteiger partial charge in [-0.25, -0.2) is 0 Å². The van der Waals surface area contributed by atoms with Gasteiger partial charge < -0.3 is 5.32 Å². The van der Waals surface area contributed by atoms with Gasteiger partial charge >= 0.3 is 29.6 Å². The fourth-order valence-electron chi connectivity index (χ4n) is 4.28. The molecule has 0 saturated carbocycles. The molecule has 1 heterocycles. The van der Waals surface area contributed by atoms with E-state index in [0.717, 1.165) is 11.4 Å². The normalized spacial score (nSPS) is 11.6. The molecule has 4 aromatic carbocycles. The Kier molecular flexibility index (Phi) is 10.1. The van der Waals surface area contributed by atoms with E-state index in [0.29, 0.717) is 5.82 Å². The van der Waals surface area contributed by atoms with Crippen molar-refractivity contribution >= 4 is 90.6 Å². The first-order valence-electron chi connectivity index (χ1n) is 12.3. The van der Waals surface area contributed by atoms with Crippen molar-refractivity contribution in [2.75, 3.05) is 10.2 Å². The van der Waals surface area contributed by atoms with E-state index < -0.39 is 25.1 Å². The van der Waals surface area contributed by atoms with Gasteiger partial charge in [0, 0.05) is 17.4 Å². The van der Waals surface area contributed by atoms with E-state index in [-0.39, 0.29) is 57.1 Å². The zero-order chi connectivity index (χ0) is 29.7. The summed E-state index contributed by atoms with van der Waals surface area (Å²) in [7, 11) is -9.33. The van der Waals surface area contributed by atoms with E-state index in [4.69, 9.17) is 0 Å². The van der Waals surface area contributed by atoms with E-state index in [1.165, 1.54) is 42.5 Å². The average Bonchev–Trinajstić information content (AvgIpc) is 2.97. The number of hydrogen-bond donors (Lipinski definition) is 3. The van der Waals surface area contributed by atoms with E-state index in [1.54, 1.807) is 18.2 Å². The van der Waals surface area contributed by atoms with Gasteiger partial charge in [0.05, 0.1) is 5.69 Å². The summed E-state index contributed by atoms with van der Waals surface area (Å²) in [6, 6.07) is 30.5. The predicted octanol–water partition coefficient (Wildman–Crippen LogP) is 5.10. The zero-order valence-electron chi connectivity index (χ0n) is 21.7. The minimum atomic E-state index is -4.80. The molecule has 214 valence electrons. The first-order valence-corrected chi connectivity index (χ1v) is 15.2. The molecule has 0 amide bonds. The van der Waals surface area contributed by atoms with Gasteiger partial charge in [0.15, 0.2) is 11.6 Å². The van der Waals surface area contributed by atoms with Crippen LogP contribution in [0.25, 0.3) is 12.2 Å². The van der Waals surface area contributed by atoms with E-state index in [2.05, 4.69) is 20.7 Å². The van der Waals surface area contributed by atoms with Crippen LogP contribution < -0.4 is 10.2 Å². The van der Waals surface area contributed by atoms with Gasteiger partial charge in [-0.05, 0) is 52.7 Å². The molecule has 5 aromatic rings. The van der Waals surface area contributed by atoms with Crippen molar-refractivity contribution < 1.29 is 25.9 Å². The molecule has 11 nitrogen and oxygen atoms in total. The van der Waals surface area contributed by atoms with Crippen LogP contribution in [-0.2, 0) is 20.2 Å². The molecule has 0 spiro atoms. The van der Waals surface area contributed by atoms with Gasteiger partial charge in [-0.1, -0.05) is 78.9 Å². The van der Waals surface area contributed by atoms with Crippen molar-refractivity contribution in [2.45, 2.75) is 9.79 Å². The van der Waals surface area contributed by atoms with Crippen LogP contribution in [0.5, 0.6) is 0 Å². The standard InChI is InChI=1S/C29H23N5O6S2.Na.H/c35-41(36,37)26-17-8-7-10-21(26)18-19-22-11-9-16-25(29(22)42(38,39)40)30-27-20-28(32-33-31-27)34(23-12-3-1-4-13-23)24-14-5-2-6-15-24;;/h1-20H,(H,30,31,32)(H,35,36,37)(H,38,39,40);;. The molecule has 0 aliphatic rings. The predicted molar refractivity (Wildman–Crippen MR) is 166 cm³/mol. The molecular weight excluding hydrogens is 601 g/mol. The van der Waals surface area contributed by atoms with Crippen molar-refractivity contribution in [2.24, 2.45) is 0 Å². The summed E-state index contributed by atoms with van der Waals surface area (Å²) in [6.45, 7) is 0. The van der Waals surface area contributed by atoms with Gasteiger partial charge in [0.25, 0.3) is 20.2 Å². The van der Waals surface area contributed by atoms with Crippen LogP contribution in [0.3, 0.4) is 0 Å². The van der Waals surface area contributed by atoms with Crippen LogP contribution in [0.15, 0.2) is 119 Å². The summed E-state index contributed by atoms with van der Waals surface area (Å²) >= 11 is 0. The summed E-state index contributed by atoms with van der Waals surface area (Å²) in [5.74, 6) is 0.524. The Morgan fingerprint density at radius 3 is 1.81 bits per heavy atom. The second kappa shape index (κ2) is 13.6. The molecule has 0 fully saturated rings. The number of rotatable bonds is 9. The summed E-state index contributed by atoms with van der Waals surface area (Å²) in [5.41, 5.74) is 1.74. The van der Waals surface area contributed by atoms with Crippen molar-refractivity contribution in [1.29, 1.82) is 0 Å². The Bertz CT molecular complexity index is 1940. The number of nitrogens with one attached hydrogen (secondary N) is 1. The fraction of sp³-hybridized carbons (Fsp3) is 0. The molecule has 1 aromatic heterocycles. The molecule has 0 saturated heterocycles. The average molecular weight is 626 g/mol. The summed E-state index contributed by atoms with van der Waals surface area (Å²) < 4.78 is 68.3. The number of hydrogen-bond acceptors (Lipinski definition) is 9. The number of benzene rings is 4. The first kappa shape index (κ1) is 32.0. The number of nitrogens with zero attached hydrogens (tertiary/aromatic N) is 4. The third kappa shape index (κ3) is 7.72. The first-order chi connectivity index (χ1) is 20.1. The van der Waals surface area contributed by atoms with Crippen LogP contribution in [0, 0.1) is 0 Å². The van der Waals surface area contributed by atoms with Crippen LogP contribution in [0.4, 0.5) is 28.7 Å². The van der Waals surface area contributed by atoms with E-state index in [1.807, 2.05) is 65.6 Å². The summed E-state index contributed by atoms with van der Waals surface area (Å²) in [6.07, 6.45) is 2.63. The zero-order valence-corrected chi connectivity index (χ0v) is 23.3. The molecule has 14 heteroatoms.